The molecule has 1 fully saturated rings. The summed E-state index contributed by atoms with van der Waals surface area (Å²) in [7, 11) is -4.39. The number of para-hydroxylation sites is 1. The fourth-order valence-corrected chi connectivity index (χ4v) is 3.81. The van der Waals surface area contributed by atoms with E-state index in [4.69, 9.17) is 10.3 Å². The smallest absolute Gasteiger partial charge is 0.294 e. The summed E-state index contributed by atoms with van der Waals surface area (Å²) < 4.78 is 38.0. The molecule has 0 unspecified atom stereocenters. The Morgan fingerprint density at radius 2 is 1.81 bits per heavy atom. The van der Waals surface area contributed by atoms with Gasteiger partial charge in [0.25, 0.3) is 10.1 Å². The molecule has 26 heavy (non-hydrogen) atoms. The van der Waals surface area contributed by atoms with Crippen molar-refractivity contribution >= 4 is 15.8 Å². The van der Waals surface area contributed by atoms with Crippen LogP contribution in [0.15, 0.2) is 52.5 Å². The summed E-state index contributed by atoms with van der Waals surface area (Å²) in [5.74, 6) is 1.06. The zero-order valence-corrected chi connectivity index (χ0v) is 14.9. The number of benzene rings is 2. The molecule has 0 radical (unpaired) electrons. The lowest BCUT2D eigenvalue weighted by molar-refractivity contribution is 0.418. The highest BCUT2D eigenvalue weighted by molar-refractivity contribution is 7.85. The summed E-state index contributed by atoms with van der Waals surface area (Å²) in [6.45, 7) is 0. The number of nitrogens with zero attached hydrogens (tertiary/aromatic N) is 3. The Bertz CT molecular complexity index is 947. The highest BCUT2D eigenvalue weighted by Gasteiger charge is 2.20. The van der Waals surface area contributed by atoms with Crippen LogP contribution < -0.4 is 4.74 Å². The molecule has 0 bridgehead atoms. The topological polar surface area (TPSA) is 112 Å². The zero-order chi connectivity index (χ0) is 18.6. The van der Waals surface area contributed by atoms with Crippen molar-refractivity contribution in [3.8, 4) is 11.5 Å². The van der Waals surface area contributed by atoms with Crippen molar-refractivity contribution in [3.05, 3.63) is 58.5 Å². The van der Waals surface area contributed by atoms with Crippen molar-refractivity contribution < 1.29 is 17.7 Å². The number of hydrogen-bond acceptors (Lipinski definition) is 4. The van der Waals surface area contributed by atoms with E-state index in [0.29, 0.717) is 11.7 Å². The molecular formula is C18H19N3O4S. The first-order valence-electron chi connectivity index (χ1n) is 8.42. The predicted octanol–water partition coefficient (Wildman–Crippen LogP) is 5.72. The standard InChI is InChI=1S/C18H19N3O4S/c19-21-20-16-11-10-14(26(22,23)24)12-18(16)25-17-9-5-4-8-15(17)13-6-2-1-3-7-13/h4-5,8-13H,1-3,6-7H2,(H,22,23,24). The van der Waals surface area contributed by atoms with Crippen molar-refractivity contribution in [2.75, 3.05) is 0 Å². The van der Waals surface area contributed by atoms with Crippen LogP contribution in [0.1, 0.15) is 43.6 Å². The van der Waals surface area contributed by atoms with Gasteiger partial charge < -0.3 is 4.74 Å². The summed E-state index contributed by atoms with van der Waals surface area (Å²) in [6.07, 6.45) is 5.72. The van der Waals surface area contributed by atoms with E-state index in [1.165, 1.54) is 31.4 Å². The van der Waals surface area contributed by atoms with E-state index < -0.39 is 10.1 Å². The lowest BCUT2D eigenvalue weighted by Gasteiger charge is -2.24. The summed E-state index contributed by atoms with van der Waals surface area (Å²) in [6, 6.07) is 11.2. The normalized spacial score (nSPS) is 15.3. The van der Waals surface area contributed by atoms with Gasteiger partial charge in [-0.15, -0.1) is 0 Å². The van der Waals surface area contributed by atoms with E-state index in [1.807, 2.05) is 24.3 Å². The molecule has 1 N–H and O–H groups in total. The average Bonchev–Trinajstić information content (AvgIpc) is 2.64. The van der Waals surface area contributed by atoms with E-state index in [1.54, 1.807) is 0 Å². The Morgan fingerprint density at radius 3 is 2.50 bits per heavy atom. The van der Waals surface area contributed by atoms with Crippen molar-refractivity contribution in [1.82, 2.24) is 0 Å². The molecule has 7 nitrogen and oxygen atoms in total. The Balaban J connectivity index is 2.01. The van der Waals surface area contributed by atoms with Crippen LogP contribution in [-0.4, -0.2) is 13.0 Å². The molecule has 0 atom stereocenters. The zero-order valence-electron chi connectivity index (χ0n) is 14.1. The second-order valence-corrected chi connectivity index (χ2v) is 7.69. The van der Waals surface area contributed by atoms with E-state index >= 15 is 0 Å². The van der Waals surface area contributed by atoms with Crippen LogP contribution in [0.3, 0.4) is 0 Å². The van der Waals surface area contributed by atoms with Crippen LogP contribution in [0.5, 0.6) is 11.5 Å². The van der Waals surface area contributed by atoms with Crippen LogP contribution in [0, 0.1) is 0 Å². The van der Waals surface area contributed by atoms with Gasteiger partial charge in [0.15, 0.2) is 0 Å². The number of rotatable bonds is 5. The maximum atomic E-state index is 11.4. The van der Waals surface area contributed by atoms with Gasteiger partial charge in [-0.25, -0.2) is 0 Å². The first-order valence-corrected chi connectivity index (χ1v) is 9.86. The predicted molar refractivity (Wildman–Crippen MR) is 97.4 cm³/mol. The molecule has 136 valence electrons. The van der Waals surface area contributed by atoms with Gasteiger partial charge in [0.1, 0.15) is 11.5 Å². The second-order valence-electron chi connectivity index (χ2n) is 6.27. The summed E-state index contributed by atoms with van der Waals surface area (Å²) >= 11 is 0. The van der Waals surface area contributed by atoms with Gasteiger partial charge in [-0.1, -0.05) is 42.6 Å². The van der Waals surface area contributed by atoms with Crippen LogP contribution in [0.25, 0.3) is 10.4 Å². The van der Waals surface area contributed by atoms with Crippen LogP contribution in [0.4, 0.5) is 5.69 Å². The number of ether oxygens (including phenoxy) is 1. The maximum absolute atomic E-state index is 11.4. The van der Waals surface area contributed by atoms with E-state index in [2.05, 4.69) is 10.0 Å². The summed E-state index contributed by atoms with van der Waals surface area (Å²) in [4.78, 5) is 2.43. The van der Waals surface area contributed by atoms with Crippen molar-refractivity contribution in [3.63, 3.8) is 0 Å². The average molecular weight is 373 g/mol. The minimum atomic E-state index is -4.39. The van der Waals surface area contributed by atoms with E-state index in [0.717, 1.165) is 24.5 Å². The Labute approximate surface area is 152 Å². The minimum absolute atomic E-state index is 0.0844. The molecule has 2 aromatic rings. The summed E-state index contributed by atoms with van der Waals surface area (Å²) in [5, 5.41) is 3.55. The van der Waals surface area contributed by atoms with Gasteiger partial charge >= 0.3 is 0 Å². The van der Waals surface area contributed by atoms with Crippen LogP contribution in [-0.2, 0) is 10.1 Å². The molecule has 0 aliphatic heterocycles. The number of azide groups is 1. The molecule has 0 amide bonds. The fourth-order valence-electron chi connectivity index (χ4n) is 3.31. The third-order valence-electron chi connectivity index (χ3n) is 4.57. The highest BCUT2D eigenvalue weighted by atomic mass is 32.2. The van der Waals surface area contributed by atoms with Crippen LogP contribution in [0.2, 0.25) is 0 Å². The molecule has 0 spiro atoms. The molecule has 0 saturated heterocycles. The Kier molecular flexibility index (Phi) is 5.46. The summed E-state index contributed by atoms with van der Waals surface area (Å²) in [5.41, 5.74) is 9.94. The lowest BCUT2D eigenvalue weighted by atomic mass is 9.84. The number of hydrogen-bond donors (Lipinski definition) is 1. The Hall–Kier alpha value is -2.54. The molecule has 0 aromatic heterocycles. The monoisotopic (exact) mass is 373 g/mol. The third kappa shape index (κ3) is 4.16. The fraction of sp³-hybridized carbons (Fsp3) is 0.333. The van der Waals surface area contributed by atoms with E-state index in [9.17, 15) is 13.0 Å². The van der Waals surface area contributed by atoms with Gasteiger partial charge in [0, 0.05) is 11.0 Å². The SMILES string of the molecule is [N-]=[N+]=Nc1ccc(S(=O)(=O)O)cc1Oc1ccccc1C1CCCCC1. The molecule has 8 heteroatoms. The van der Waals surface area contributed by atoms with Gasteiger partial charge in [-0.05, 0) is 48.1 Å². The quantitative estimate of drug-likeness (QED) is 0.313. The van der Waals surface area contributed by atoms with Gasteiger partial charge in [-0.3, -0.25) is 4.55 Å². The van der Waals surface area contributed by atoms with Crippen molar-refractivity contribution in [2.45, 2.75) is 42.9 Å². The first-order chi connectivity index (χ1) is 12.5. The molecule has 1 saturated carbocycles. The largest absolute Gasteiger partial charge is 0.457 e. The maximum Gasteiger partial charge on any atom is 0.294 e. The molecule has 1 aliphatic rings. The molecular weight excluding hydrogens is 354 g/mol. The molecule has 2 aromatic carbocycles. The second kappa shape index (κ2) is 7.78. The Morgan fingerprint density at radius 1 is 1.08 bits per heavy atom. The molecule has 1 aliphatic carbocycles. The minimum Gasteiger partial charge on any atom is -0.457 e. The highest BCUT2D eigenvalue weighted by Crippen LogP contribution is 2.41. The first kappa shape index (κ1) is 18.3. The van der Waals surface area contributed by atoms with E-state index in [-0.39, 0.29) is 16.3 Å². The van der Waals surface area contributed by atoms with Gasteiger partial charge in [0.05, 0.1) is 10.6 Å². The van der Waals surface area contributed by atoms with Gasteiger partial charge in [0.2, 0.25) is 0 Å². The van der Waals surface area contributed by atoms with Crippen molar-refractivity contribution in [2.24, 2.45) is 5.11 Å². The molecule has 3 rings (SSSR count). The van der Waals surface area contributed by atoms with Crippen LogP contribution >= 0.6 is 0 Å². The lowest BCUT2D eigenvalue weighted by Crippen LogP contribution is -2.06. The molecule has 0 heterocycles. The third-order valence-corrected chi connectivity index (χ3v) is 5.42. The van der Waals surface area contributed by atoms with Gasteiger partial charge in [-0.2, -0.15) is 8.42 Å². The van der Waals surface area contributed by atoms with Crippen molar-refractivity contribution in [1.29, 1.82) is 0 Å².